The number of hydrogen-bond acceptors (Lipinski definition) is 5. The van der Waals surface area contributed by atoms with Crippen molar-refractivity contribution in [3.05, 3.63) is 34.0 Å². The van der Waals surface area contributed by atoms with Crippen molar-refractivity contribution in [2.75, 3.05) is 32.4 Å². The first-order valence-corrected chi connectivity index (χ1v) is 11.6. The number of halogens is 1. The van der Waals surface area contributed by atoms with Crippen molar-refractivity contribution in [3.63, 3.8) is 0 Å². The number of benzene rings is 1. The molecule has 3 heterocycles. The molecule has 4 rings (SSSR count). The topological polar surface area (TPSA) is 82.2 Å². The number of nitrogens with one attached hydrogen (secondary N) is 1. The second-order valence-corrected chi connectivity index (χ2v) is 9.97. The molecule has 0 bridgehead atoms. The molecule has 7 nitrogen and oxygen atoms in total. The van der Waals surface area contributed by atoms with Crippen LogP contribution in [0.1, 0.15) is 23.2 Å². The largest absolute Gasteiger partial charge is 0.298 e. The molecule has 9 heteroatoms. The van der Waals surface area contributed by atoms with Gasteiger partial charge >= 0.3 is 0 Å². The summed E-state index contributed by atoms with van der Waals surface area (Å²) in [5.41, 5.74) is 4.75. The number of rotatable bonds is 3. The molecule has 2 aromatic heterocycles. The van der Waals surface area contributed by atoms with Gasteiger partial charge in [-0.2, -0.15) is 5.10 Å². The zero-order valence-corrected chi connectivity index (χ0v) is 17.9. The number of nitrogens with zero attached hydrogens (tertiary/aromatic N) is 4. The summed E-state index contributed by atoms with van der Waals surface area (Å²) < 4.78 is 25.4. The van der Waals surface area contributed by atoms with Gasteiger partial charge in [0.2, 0.25) is 10.0 Å². The molecule has 0 amide bonds. The molecule has 1 aliphatic rings. The van der Waals surface area contributed by atoms with Gasteiger partial charge in [-0.05, 0) is 50.1 Å². The van der Waals surface area contributed by atoms with Gasteiger partial charge in [0, 0.05) is 47.7 Å². The Hall–Kier alpha value is -1.74. The highest BCUT2D eigenvalue weighted by Crippen LogP contribution is 2.32. The molecule has 0 atom stereocenters. The van der Waals surface area contributed by atoms with E-state index in [1.807, 2.05) is 26.0 Å². The molecule has 3 aromatic rings. The van der Waals surface area contributed by atoms with Crippen molar-refractivity contribution < 1.29 is 8.42 Å². The first kappa shape index (κ1) is 19.6. The van der Waals surface area contributed by atoms with Gasteiger partial charge in [-0.3, -0.25) is 10.00 Å². The van der Waals surface area contributed by atoms with Crippen LogP contribution in [0.4, 0.5) is 0 Å². The fourth-order valence-electron chi connectivity index (χ4n) is 4.04. The van der Waals surface area contributed by atoms with E-state index >= 15 is 0 Å². The summed E-state index contributed by atoms with van der Waals surface area (Å²) in [5.74, 6) is 0. The summed E-state index contributed by atoms with van der Waals surface area (Å²) in [6.45, 7) is 7.31. The number of aromatic amines is 1. The van der Waals surface area contributed by atoms with Crippen LogP contribution in [0, 0.1) is 13.8 Å². The van der Waals surface area contributed by atoms with Crippen LogP contribution in [0.2, 0.25) is 5.02 Å². The van der Waals surface area contributed by atoms with E-state index in [4.69, 9.17) is 16.6 Å². The minimum atomic E-state index is -3.16. The average molecular weight is 422 g/mol. The molecule has 28 heavy (non-hydrogen) atoms. The summed E-state index contributed by atoms with van der Waals surface area (Å²) in [5, 5.41) is 10.2. The smallest absolute Gasteiger partial charge is 0.211 e. The summed E-state index contributed by atoms with van der Waals surface area (Å²) in [7, 11) is -3.16. The maximum Gasteiger partial charge on any atom is 0.211 e. The van der Waals surface area contributed by atoms with E-state index in [9.17, 15) is 8.42 Å². The van der Waals surface area contributed by atoms with Gasteiger partial charge < -0.3 is 0 Å². The zero-order chi connectivity index (χ0) is 20.1. The maximum atomic E-state index is 11.9. The highest BCUT2D eigenvalue weighted by molar-refractivity contribution is 7.88. The van der Waals surface area contributed by atoms with Crippen molar-refractivity contribution in [1.82, 2.24) is 24.4 Å². The van der Waals surface area contributed by atoms with Crippen molar-refractivity contribution in [3.8, 4) is 0 Å². The van der Waals surface area contributed by atoms with Gasteiger partial charge in [0.25, 0.3) is 0 Å². The third-order valence-electron chi connectivity index (χ3n) is 5.44. The van der Waals surface area contributed by atoms with Gasteiger partial charge in [0.05, 0.1) is 11.8 Å². The van der Waals surface area contributed by atoms with Gasteiger partial charge in [0.15, 0.2) is 5.65 Å². The molecule has 0 unspecified atom stereocenters. The Labute approximate surface area is 169 Å². The van der Waals surface area contributed by atoms with Crippen LogP contribution in [0.5, 0.6) is 0 Å². The number of sulfonamides is 1. The number of pyridine rings is 1. The molecule has 0 radical (unpaired) electrons. The predicted octanol–water partition coefficient (Wildman–Crippen LogP) is 2.85. The molecule has 150 valence electrons. The van der Waals surface area contributed by atoms with Crippen LogP contribution in [0.25, 0.3) is 21.9 Å². The lowest BCUT2D eigenvalue weighted by atomic mass is 10.0. The van der Waals surface area contributed by atoms with Crippen LogP contribution in [0.15, 0.2) is 12.1 Å². The van der Waals surface area contributed by atoms with E-state index in [0.29, 0.717) is 36.8 Å². The number of aromatic nitrogens is 3. The van der Waals surface area contributed by atoms with Gasteiger partial charge in [-0.25, -0.2) is 17.7 Å². The van der Waals surface area contributed by atoms with E-state index < -0.39 is 10.0 Å². The Balaban J connectivity index is 1.77. The van der Waals surface area contributed by atoms with E-state index in [1.165, 1.54) is 6.26 Å². The standard InChI is InChI=1S/C19H24ClN5O2S/c1-12-9-14(20)10-15-16(17-13(2)22-23-19(17)21-18(12)15)11-24-5-4-6-25(8-7-24)28(3,26)27/h9-10H,4-8,11H2,1-3H3,(H,21,22,23). The summed E-state index contributed by atoms with van der Waals surface area (Å²) >= 11 is 6.36. The van der Waals surface area contributed by atoms with E-state index in [-0.39, 0.29) is 0 Å². The zero-order valence-electron chi connectivity index (χ0n) is 16.3. The van der Waals surface area contributed by atoms with Crippen LogP contribution in [0.3, 0.4) is 0 Å². The highest BCUT2D eigenvalue weighted by Gasteiger charge is 2.23. The normalized spacial score (nSPS) is 17.4. The maximum absolute atomic E-state index is 11.9. The van der Waals surface area contributed by atoms with Gasteiger partial charge in [-0.15, -0.1) is 0 Å². The molecule has 1 aromatic carbocycles. The van der Waals surface area contributed by atoms with Crippen LogP contribution >= 0.6 is 11.6 Å². The molecule has 0 saturated carbocycles. The van der Waals surface area contributed by atoms with Crippen molar-refractivity contribution in [2.45, 2.75) is 26.8 Å². The Morgan fingerprint density at radius 1 is 1.18 bits per heavy atom. The Bertz CT molecular complexity index is 1160. The lowest BCUT2D eigenvalue weighted by Gasteiger charge is -2.22. The molecular formula is C19H24ClN5O2S. The van der Waals surface area contributed by atoms with E-state index in [1.54, 1.807) is 4.31 Å². The Kier molecular flexibility index (Phi) is 5.07. The third-order valence-corrected chi connectivity index (χ3v) is 6.96. The molecule has 1 fully saturated rings. The Morgan fingerprint density at radius 3 is 2.71 bits per heavy atom. The SMILES string of the molecule is Cc1cc(Cl)cc2c(CN3CCCN(S(C)(=O)=O)CC3)c3c(C)[nH]nc3nc12. The second kappa shape index (κ2) is 7.26. The molecule has 1 N–H and O–H groups in total. The number of H-pyrrole nitrogens is 1. The molecule has 1 saturated heterocycles. The quantitative estimate of drug-likeness (QED) is 0.703. The van der Waals surface area contributed by atoms with Crippen molar-refractivity contribution in [2.24, 2.45) is 0 Å². The number of aryl methyl sites for hydroxylation is 2. The Morgan fingerprint density at radius 2 is 1.96 bits per heavy atom. The average Bonchev–Trinajstić information content (AvgIpc) is 2.82. The molecule has 0 spiro atoms. The first-order chi connectivity index (χ1) is 13.2. The third kappa shape index (κ3) is 3.61. The second-order valence-electron chi connectivity index (χ2n) is 7.55. The lowest BCUT2D eigenvalue weighted by molar-refractivity contribution is 0.280. The molecule has 1 aliphatic heterocycles. The first-order valence-electron chi connectivity index (χ1n) is 9.35. The van der Waals surface area contributed by atoms with Crippen LogP contribution in [-0.2, 0) is 16.6 Å². The fraction of sp³-hybridized carbons (Fsp3) is 0.474. The summed E-state index contributed by atoms with van der Waals surface area (Å²) in [6.07, 6.45) is 2.09. The highest BCUT2D eigenvalue weighted by atomic mass is 35.5. The van der Waals surface area contributed by atoms with Crippen LogP contribution < -0.4 is 0 Å². The minimum Gasteiger partial charge on any atom is -0.298 e. The van der Waals surface area contributed by atoms with E-state index in [0.717, 1.165) is 46.1 Å². The van der Waals surface area contributed by atoms with Gasteiger partial charge in [-0.1, -0.05) is 11.6 Å². The molecule has 0 aliphatic carbocycles. The number of hydrogen-bond donors (Lipinski definition) is 1. The minimum absolute atomic E-state index is 0.509. The van der Waals surface area contributed by atoms with Crippen LogP contribution in [-0.4, -0.2) is 65.2 Å². The van der Waals surface area contributed by atoms with Gasteiger partial charge in [0.1, 0.15) is 0 Å². The number of fused-ring (bicyclic) bond motifs is 2. The monoisotopic (exact) mass is 421 g/mol. The van der Waals surface area contributed by atoms with Crippen molar-refractivity contribution >= 4 is 43.6 Å². The summed E-state index contributed by atoms with van der Waals surface area (Å²) in [4.78, 5) is 7.06. The van der Waals surface area contributed by atoms with E-state index in [2.05, 4.69) is 15.1 Å². The fourth-order valence-corrected chi connectivity index (χ4v) is 5.18. The lowest BCUT2D eigenvalue weighted by Crippen LogP contribution is -2.34. The summed E-state index contributed by atoms with van der Waals surface area (Å²) in [6, 6.07) is 3.89. The van der Waals surface area contributed by atoms with Crippen molar-refractivity contribution in [1.29, 1.82) is 0 Å². The molecular weight excluding hydrogens is 398 g/mol. The predicted molar refractivity (Wildman–Crippen MR) is 112 cm³/mol.